The summed E-state index contributed by atoms with van der Waals surface area (Å²) in [4.78, 5) is 0. The molecule has 5 saturated carbocycles. The molecule has 0 aromatic rings. The first kappa shape index (κ1) is 28.0. The summed E-state index contributed by atoms with van der Waals surface area (Å²) in [7, 11) is 0. The van der Waals surface area contributed by atoms with Gasteiger partial charge < -0.3 is 14.9 Å². The van der Waals surface area contributed by atoms with Crippen molar-refractivity contribution in [2.24, 2.45) is 62.6 Å². The van der Waals surface area contributed by atoms with Crippen LogP contribution in [0.1, 0.15) is 132 Å². The molecule has 38 heavy (non-hydrogen) atoms. The molecule has 218 valence electrons. The first-order chi connectivity index (χ1) is 17.8. The molecule has 5 aliphatic carbocycles. The quantitative estimate of drug-likeness (QED) is 0.388. The highest BCUT2D eigenvalue weighted by Gasteiger charge is 2.70. The Morgan fingerprint density at radius 1 is 0.737 bits per heavy atom. The molecule has 3 heteroatoms. The van der Waals surface area contributed by atoms with Crippen molar-refractivity contribution in [1.29, 1.82) is 0 Å². The van der Waals surface area contributed by atoms with E-state index >= 15 is 0 Å². The van der Waals surface area contributed by atoms with Gasteiger partial charge in [-0.25, -0.2) is 0 Å². The van der Waals surface area contributed by atoms with Crippen LogP contribution in [0, 0.1) is 62.6 Å². The molecule has 3 nitrogen and oxygen atoms in total. The Morgan fingerprint density at radius 2 is 1.39 bits per heavy atom. The number of hydrogen-bond donors (Lipinski definition) is 2. The van der Waals surface area contributed by atoms with Crippen LogP contribution in [-0.2, 0) is 4.74 Å². The number of fused-ring (bicyclic) bond motifs is 7. The lowest BCUT2D eigenvalue weighted by Crippen LogP contribution is -2.65. The molecule has 1 aliphatic heterocycles. The van der Waals surface area contributed by atoms with Crippen LogP contribution in [-0.4, -0.2) is 35.1 Å². The molecule has 6 fully saturated rings. The van der Waals surface area contributed by atoms with E-state index in [1.165, 1.54) is 70.6 Å². The Morgan fingerprint density at radius 3 is 2.05 bits per heavy atom. The predicted molar refractivity (Wildman–Crippen MR) is 155 cm³/mol. The number of aliphatic hydroxyl groups excluding tert-OH is 2. The molecule has 0 aromatic heterocycles. The van der Waals surface area contributed by atoms with E-state index in [0.29, 0.717) is 39.6 Å². The smallest absolute Gasteiger partial charge is 0.108 e. The third-order valence-electron chi connectivity index (χ3n) is 15.7. The highest BCUT2D eigenvalue weighted by atomic mass is 16.5. The number of rotatable bonds is 4. The Bertz CT molecular complexity index is 900. The zero-order valence-corrected chi connectivity index (χ0v) is 25.9. The van der Waals surface area contributed by atoms with Crippen molar-refractivity contribution in [2.45, 2.75) is 150 Å². The molecule has 0 radical (unpaired) electrons. The first-order valence-corrected chi connectivity index (χ1v) is 16.8. The maximum absolute atomic E-state index is 10.3. The van der Waals surface area contributed by atoms with E-state index in [0.717, 1.165) is 42.4 Å². The summed E-state index contributed by atoms with van der Waals surface area (Å²) in [6, 6.07) is 0. The zero-order chi connectivity index (χ0) is 27.3. The van der Waals surface area contributed by atoms with Crippen LogP contribution in [0.2, 0.25) is 0 Å². The lowest BCUT2D eigenvalue weighted by atomic mass is 9.32. The molecule has 0 spiro atoms. The minimum atomic E-state index is -0.700. The van der Waals surface area contributed by atoms with E-state index in [2.05, 4.69) is 48.5 Å². The Balaban J connectivity index is 1.21. The highest BCUT2D eigenvalue weighted by molar-refractivity contribution is 5.19. The molecule has 0 amide bonds. The predicted octanol–water partition coefficient (Wildman–Crippen LogP) is 8.01. The Hall–Kier alpha value is -0.120. The molecule has 6 rings (SSSR count). The monoisotopic (exact) mass is 528 g/mol. The van der Waals surface area contributed by atoms with Crippen LogP contribution >= 0.6 is 0 Å². The summed E-state index contributed by atoms with van der Waals surface area (Å²) in [5, 5.41) is 20.2. The number of aliphatic hydroxyl groups is 2. The average Bonchev–Trinajstić information content (AvgIpc) is 3.36. The van der Waals surface area contributed by atoms with E-state index in [-0.39, 0.29) is 6.10 Å². The lowest BCUT2D eigenvalue weighted by Gasteiger charge is -2.73. The molecule has 6 unspecified atom stereocenters. The summed E-state index contributed by atoms with van der Waals surface area (Å²) >= 11 is 0. The number of ether oxygens (including phenoxy) is 1. The third-order valence-corrected chi connectivity index (χ3v) is 15.7. The molecule has 0 aromatic carbocycles. The highest BCUT2D eigenvalue weighted by Crippen LogP contribution is 2.78. The van der Waals surface area contributed by atoms with Crippen molar-refractivity contribution < 1.29 is 14.9 Å². The third kappa shape index (κ3) is 3.75. The second-order valence-electron chi connectivity index (χ2n) is 17.3. The van der Waals surface area contributed by atoms with Gasteiger partial charge in [0.15, 0.2) is 0 Å². The molecule has 0 bridgehead atoms. The Kier molecular flexibility index (Phi) is 6.78. The zero-order valence-electron chi connectivity index (χ0n) is 25.9. The SMILES string of the molecule is CC(CCC1OC[C@H](O)[C@@H]1O)[C@H]1CC[C@@]2(C)C1CC[C@]1(C)C2CCC2[C@@]3(C)CCCC(C)(C)C3CC[C@]21C. The minimum Gasteiger partial charge on any atom is -0.388 e. The van der Waals surface area contributed by atoms with E-state index < -0.39 is 12.2 Å². The minimum absolute atomic E-state index is 0.175. The fraction of sp³-hybridized carbons (Fsp3) is 1.00. The summed E-state index contributed by atoms with van der Waals surface area (Å²) < 4.78 is 5.72. The maximum atomic E-state index is 10.3. The van der Waals surface area contributed by atoms with E-state index in [1.54, 1.807) is 0 Å². The van der Waals surface area contributed by atoms with Crippen LogP contribution in [0.15, 0.2) is 0 Å². The van der Waals surface area contributed by atoms with Gasteiger partial charge in [0.25, 0.3) is 0 Å². The van der Waals surface area contributed by atoms with Gasteiger partial charge in [-0.2, -0.15) is 0 Å². The lowest BCUT2D eigenvalue weighted by molar-refractivity contribution is -0.241. The molecule has 1 heterocycles. The van der Waals surface area contributed by atoms with Gasteiger partial charge >= 0.3 is 0 Å². The molecule has 6 aliphatic rings. The van der Waals surface area contributed by atoms with Gasteiger partial charge in [-0.3, -0.25) is 0 Å². The van der Waals surface area contributed by atoms with Gasteiger partial charge in [0, 0.05) is 0 Å². The Labute approximate surface area is 234 Å². The van der Waals surface area contributed by atoms with Crippen molar-refractivity contribution in [3.05, 3.63) is 0 Å². The summed E-state index contributed by atoms with van der Waals surface area (Å²) in [6.07, 6.45) is 16.3. The van der Waals surface area contributed by atoms with Gasteiger partial charge in [0.05, 0.1) is 12.7 Å². The van der Waals surface area contributed by atoms with Crippen LogP contribution in [0.3, 0.4) is 0 Å². The van der Waals surface area contributed by atoms with Gasteiger partial charge in [0.2, 0.25) is 0 Å². The fourth-order valence-corrected chi connectivity index (χ4v) is 13.6. The molecule has 13 atom stereocenters. The summed E-state index contributed by atoms with van der Waals surface area (Å²) in [6.45, 7) is 19.0. The standard InChI is InChI=1S/C35H60O3/c1-22(9-10-26-30(37)25(36)21-38-26)23-13-18-32(4)24(23)14-19-34(6)28(32)11-12-29-33(5)17-8-16-31(2,3)27(33)15-20-35(29,34)7/h22-30,36-37H,8-21H2,1-7H3/t22?,23-,24?,25+,26?,27?,28?,29?,30+,32+,33+,34-,35-/m1/s1. The second kappa shape index (κ2) is 9.19. The van der Waals surface area contributed by atoms with Crippen molar-refractivity contribution in [3.63, 3.8) is 0 Å². The van der Waals surface area contributed by atoms with Gasteiger partial charge in [-0.1, -0.05) is 54.9 Å². The van der Waals surface area contributed by atoms with Crippen LogP contribution < -0.4 is 0 Å². The van der Waals surface area contributed by atoms with Crippen molar-refractivity contribution in [3.8, 4) is 0 Å². The molecule has 1 saturated heterocycles. The van der Waals surface area contributed by atoms with Gasteiger partial charge in [-0.05, 0) is 140 Å². The average molecular weight is 529 g/mol. The van der Waals surface area contributed by atoms with Crippen molar-refractivity contribution in [2.75, 3.05) is 6.61 Å². The van der Waals surface area contributed by atoms with E-state index in [1.807, 2.05) is 0 Å². The van der Waals surface area contributed by atoms with Crippen LogP contribution in [0.25, 0.3) is 0 Å². The van der Waals surface area contributed by atoms with Crippen molar-refractivity contribution in [1.82, 2.24) is 0 Å². The van der Waals surface area contributed by atoms with Crippen LogP contribution in [0.5, 0.6) is 0 Å². The van der Waals surface area contributed by atoms with Crippen molar-refractivity contribution >= 4 is 0 Å². The normalized spacial score (nSPS) is 56.4. The van der Waals surface area contributed by atoms with Gasteiger partial charge in [-0.15, -0.1) is 0 Å². The van der Waals surface area contributed by atoms with Gasteiger partial charge in [0.1, 0.15) is 12.2 Å². The molecular formula is C35H60O3. The van der Waals surface area contributed by atoms with Crippen LogP contribution in [0.4, 0.5) is 0 Å². The van der Waals surface area contributed by atoms with E-state index in [9.17, 15) is 10.2 Å². The molecular weight excluding hydrogens is 468 g/mol. The second-order valence-corrected chi connectivity index (χ2v) is 17.3. The summed E-state index contributed by atoms with van der Waals surface area (Å²) in [5.74, 6) is 5.03. The topological polar surface area (TPSA) is 49.7 Å². The van der Waals surface area contributed by atoms with E-state index in [4.69, 9.17) is 4.74 Å². The number of hydrogen-bond acceptors (Lipinski definition) is 3. The largest absolute Gasteiger partial charge is 0.388 e. The fourth-order valence-electron chi connectivity index (χ4n) is 13.6. The summed E-state index contributed by atoms with van der Waals surface area (Å²) in [5.41, 5.74) is 2.51. The first-order valence-electron chi connectivity index (χ1n) is 16.8. The maximum Gasteiger partial charge on any atom is 0.108 e. The molecule has 2 N–H and O–H groups in total.